The fourth-order valence-electron chi connectivity index (χ4n) is 3.80. The second kappa shape index (κ2) is 9.21. The molecule has 1 unspecified atom stereocenters. The Bertz CT molecular complexity index is 1270. The third-order valence-electron chi connectivity index (χ3n) is 5.44. The molecule has 10 nitrogen and oxygen atoms in total. The Balaban J connectivity index is 1.31. The van der Waals surface area contributed by atoms with E-state index >= 15 is 0 Å². The number of ether oxygens (including phenoxy) is 2. The molecule has 168 valence electrons. The van der Waals surface area contributed by atoms with Gasteiger partial charge in [-0.3, -0.25) is 9.36 Å². The summed E-state index contributed by atoms with van der Waals surface area (Å²) in [6.07, 6.45) is 7.94. The molecular formula is C23H23N7O3. The summed E-state index contributed by atoms with van der Waals surface area (Å²) in [6.45, 7) is 0.747. The van der Waals surface area contributed by atoms with Crippen molar-refractivity contribution < 1.29 is 14.3 Å². The number of imidazole rings is 1. The van der Waals surface area contributed by atoms with E-state index in [9.17, 15) is 4.79 Å². The number of pyridine rings is 1. The summed E-state index contributed by atoms with van der Waals surface area (Å²) < 4.78 is 13.0. The van der Waals surface area contributed by atoms with Gasteiger partial charge in [-0.15, -0.1) is 0 Å². The van der Waals surface area contributed by atoms with Crippen molar-refractivity contribution in [1.82, 2.24) is 24.5 Å². The Hall–Kier alpha value is -4.05. The predicted molar refractivity (Wildman–Crippen MR) is 123 cm³/mol. The standard InChI is InChI=1S/C23H23N7O3/c1-32-23-17(5-4-11-24-23)22(31)29-16-9-7-15(8-10-16)28-20-19-21(26-13-25-20)30(14-27-19)18-6-2-3-12-33-18/h4-5,7-11,13-14,18H,2-3,6,12H2,1H3,(H,29,31)(H,25,26,28). The van der Waals surface area contributed by atoms with E-state index < -0.39 is 0 Å². The maximum absolute atomic E-state index is 12.6. The monoisotopic (exact) mass is 445 g/mol. The second-order valence-electron chi connectivity index (χ2n) is 7.58. The number of nitrogens with one attached hydrogen (secondary N) is 2. The van der Waals surface area contributed by atoms with E-state index in [0.717, 1.165) is 37.2 Å². The number of hydrogen-bond donors (Lipinski definition) is 2. The van der Waals surface area contributed by atoms with Crippen LogP contribution in [-0.4, -0.2) is 44.1 Å². The Labute approximate surface area is 190 Å². The van der Waals surface area contributed by atoms with E-state index in [0.29, 0.717) is 22.6 Å². The first kappa shape index (κ1) is 20.8. The van der Waals surface area contributed by atoms with Crippen LogP contribution in [0.15, 0.2) is 55.2 Å². The van der Waals surface area contributed by atoms with Crippen LogP contribution in [0, 0.1) is 0 Å². The smallest absolute Gasteiger partial charge is 0.261 e. The molecule has 0 bridgehead atoms. The normalized spacial score (nSPS) is 15.8. The van der Waals surface area contributed by atoms with Gasteiger partial charge in [0.2, 0.25) is 5.88 Å². The molecule has 1 saturated heterocycles. The van der Waals surface area contributed by atoms with Crippen LogP contribution in [0.5, 0.6) is 5.88 Å². The van der Waals surface area contributed by atoms with Crippen molar-refractivity contribution in [3.63, 3.8) is 0 Å². The Kier molecular flexibility index (Phi) is 5.81. The van der Waals surface area contributed by atoms with Crippen molar-refractivity contribution in [3.8, 4) is 5.88 Å². The lowest BCUT2D eigenvalue weighted by atomic mass is 10.2. The predicted octanol–water partition coefficient (Wildman–Crippen LogP) is 3.92. The third-order valence-corrected chi connectivity index (χ3v) is 5.44. The van der Waals surface area contributed by atoms with Crippen LogP contribution >= 0.6 is 0 Å². The molecule has 0 saturated carbocycles. The van der Waals surface area contributed by atoms with Crippen molar-refractivity contribution >= 4 is 34.3 Å². The number of carbonyl (C=O) groups excluding carboxylic acids is 1. The number of hydrogen-bond acceptors (Lipinski definition) is 8. The van der Waals surface area contributed by atoms with E-state index in [1.807, 2.05) is 16.7 Å². The number of aromatic nitrogens is 5. The van der Waals surface area contributed by atoms with Gasteiger partial charge in [0.25, 0.3) is 5.91 Å². The SMILES string of the molecule is COc1ncccc1C(=O)Nc1ccc(Nc2ncnc3c2ncn3C2CCCCO2)cc1. The summed E-state index contributed by atoms with van der Waals surface area (Å²) in [5.41, 5.74) is 3.21. The zero-order valence-corrected chi connectivity index (χ0v) is 18.1. The van der Waals surface area contributed by atoms with Crippen LogP contribution in [0.3, 0.4) is 0 Å². The van der Waals surface area contributed by atoms with Crippen molar-refractivity contribution in [1.29, 1.82) is 0 Å². The number of fused-ring (bicyclic) bond motifs is 1. The fourth-order valence-corrected chi connectivity index (χ4v) is 3.80. The first-order valence-corrected chi connectivity index (χ1v) is 10.7. The van der Waals surface area contributed by atoms with Gasteiger partial charge >= 0.3 is 0 Å². The molecule has 1 aromatic carbocycles. The van der Waals surface area contributed by atoms with Gasteiger partial charge in [-0.25, -0.2) is 19.9 Å². The quantitative estimate of drug-likeness (QED) is 0.459. The molecule has 1 aliphatic heterocycles. The largest absolute Gasteiger partial charge is 0.480 e. The highest BCUT2D eigenvalue weighted by atomic mass is 16.5. The molecule has 4 aromatic rings. The maximum atomic E-state index is 12.6. The van der Waals surface area contributed by atoms with Gasteiger partial charge in [-0.05, 0) is 55.7 Å². The average molecular weight is 445 g/mol. The first-order valence-electron chi connectivity index (χ1n) is 10.7. The fraction of sp³-hybridized carbons (Fsp3) is 0.261. The van der Waals surface area contributed by atoms with E-state index in [4.69, 9.17) is 9.47 Å². The summed E-state index contributed by atoms with van der Waals surface area (Å²) in [5, 5.41) is 6.13. The molecule has 10 heteroatoms. The molecule has 33 heavy (non-hydrogen) atoms. The van der Waals surface area contributed by atoms with Crippen LogP contribution in [0.4, 0.5) is 17.2 Å². The summed E-state index contributed by atoms with van der Waals surface area (Å²) in [5.74, 6) is 0.583. The minimum absolute atomic E-state index is 0.0483. The molecule has 1 aliphatic rings. The lowest BCUT2D eigenvalue weighted by Crippen LogP contribution is -2.17. The number of methoxy groups -OCH3 is 1. The van der Waals surface area contributed by atoms with Crippen LogP contribution in [0.25, 0.3) is 11.2 Å². The van der Waals surface area contributed by atoms with Gasteiger partial charge in [-0.2, -0.15) is 0 Å². The number of anilines is 3. The number of rotatable bonds is 6. The van der Waals surface area contributed by atoms with Crippen LogP contribution in [0.2, 0.25) is 0 Å². The van der Waals surface area contributed by atoms with Gasteiger partial charge in [0, 0.05) is 24.2 Å². The Morgan fingerprint density at radius 2 is 1.94 bits per heavy atom. The van der Waals surface area contributed by atoms with Crippen molar-refractivity contribution in [2.45, 2.75) is 25.5 Å². The van der Waals surface area contributed by atoms with Crippen LogP contribution in [-0.2, 0) is 4.74 Å². The highest BCUT2D eigenvalue weighted by Gasteiger charge is 2.20. The van der Waals surface area contributed by atoms with E-state index in [-0.39, 0.29) is 18.0 Å². The zero-order valence-electron chi connectivity index (χ0n) is 18.1. The maximum Gasteiger partial charge on any atom is 0.261 e. The van der Waals surface area contributed by atoms with Crippen LogP contribution < -0.4 is 15.4 Å². The number of amides is 1. The van der Waals surface area contributed by atoms with Gasteiger partial charge in [0.05, 0.1) is 13.4 Å². The Morgan fingerprint density at radius 1 is 1.09 bits per heavy atom. The van der Waals surface area contributed by atoms with E-state index in [2.05, 4.69) is 30.6 Å². The lowest BCUT2D eigenvalue weighted by molar-refractivity contribution is -0.0298. The molecule has 0 spiro atoms. The molecule has 1 amide bonds. The first-order chi connectivity index (χ1) is 16.2. The second-order valence-corrected chi connectivity index (χ2v) is 7.58. The molecule has 5 rings (SSSR count). The number of carbonyl (C=O) groups is 1. The molecule has 1 atom stereocenters. The van der Waals surface area contributed by atoms with Crippen LogP contribution in [0.1, 0.15) is 35.8 Å². The highest BCUT2D eigenvalue weighted by molar-refractivity contribution is 6.05. The van der Waals surface area contributed by atoms with E-state index in [1.165, 1.54) is 13.4 Å². The van der Waals surface area contributed by atoms with Gasteiger partial charge < -0.3 is 20.1 Å². The van der Waals surface area contributed by atoms with Gasteiger partial charge in [0.1, 0.15) is 18.1 Å². The molecule has 1 fully saturated rings. The molecule has 2 N–H and O–H groups in total. The minimum atomic E-state index is -0.298. The van der Waals surface area contributed by atoms with Crippen molar-refractivity contribution in [2.24, 2.45) is 0 Å². The lowest BCUT2D eigenvalue weighted by Gasteiger charge is -2.23. The molecule has 3 aromatic heterocycles. The summed E-state index contributed by atoms with van der Waals surface area (Å²) in [6, 6.07) is 10.7. The Morgan fingerprint density at radius 3 is 2.73 bits per heavy atom. The van der Waals surface area contributed by atoms with Crippen molar-refractivity contribution in [3.05, 3.63) is 60.8 Å². The van der Waals surface area contributed by atoms with E-state index in [1.54, 1.807) is 36.8 Å². The number of benzene rings is 1. The summed E-state index contributed by atoms with van der Waals surface area (Å²) in [7, 11) is 1.48. The molecule has 0 radical (unpaired) electrons. The molecule has 0 aliphatic carbocycles. The third kappa shape index (κ3) is 4.33. The van der Waals surface area contributed by atoms with Crippen molar-refractivity contribution in [2.75, 3.05) is 24.4 Å². The minimum Gasteiger partial charge on any atom is -0.480 e. The molecular weight excluding hydrogens is 422 g/mol. The summed E-state index contributed by atoms with van der Waals surface area (Å²) >= 11 is 0. The zero-order chi connectivity index (χ0) is 22.6. The topological polar surface area (TPSA) is 116 Å². The summed E-state index contributed by atoms with van der Waals surface area (Å²) in [4.78, 5) is 29.9. The molecule has 4 heterocycles. The van der Waals surface area contributed by atoms with Gasteiger partial charge in [-0.1, -0.05) is 0 Å². The highest BCUT2D eigenvalue weighted by Crippen LogP contribution is 2.28. The average Bonchev–Trinajstić information content (AvgIpc) is 3.31. The van der Waals surface area contributed by atoms with Gasteiger partial charge in [0.15, 0.2) is 17.0 Å². The number of nitrogens with zero attached hydrogens (tertiary/aromatic N) is 5.